The zero-order chi connectivity index (χ0) is 19.6. The van der Waals surface area contributed by atoms with Crippen LogP contribution in [0.1, 0.15) is 29.9 Å². The van der Waals surface area contributed by atoms with E-state index in [4.69, 9.17) is 4.42 Å². The molecular formula is C19H24F2N2O3S. The van der Waals surface area contributed by atoms with Gasteiger partial charge in [0.1, 0.15) is 11.5 Å². The normalized spacial score (nSPS) is 16.7. The first-order valence-electron chi connectivity index (χ1n) is 8.97. The van der Waals surface area contributed by atoms with Gasteiger partial charge in [0, 0.05) is 18.7 Å². The van der Waals surface area contributed by atoms with Crippen molar-refractivity contribution in [2.45, 2.75) is 38.1 Å². The highest BCUT2D eigenvalue weighted by Gasteiger charge is 2.23. The van der Waals surface area contributed by atoms with Crippen LogP contribution in [0.5, 0.6) is 0 Å². The van der Waals surface area contributed by atoms with Crippen molar-refractivity contribution in [3.63, 3.8) is 0 Å². The van der Waals surface area contributed by atoms with Crippen molar-refractivity contribution in [1.82, 2.24) is 9.62 Å². The van der Waals surface area contributed by atoms with E-state index in [1.165, 1.54) is 5.56 Å². The number of benzene rings is 1. The van der Waals surface area contributed by atoms with E-state index in [0.29, 0.717) is 12.6 Å². The summed E-state index contributed by atoms with van der Waals surface area (Å²) in [6, 6.07) is 4.65. The van der Waals surface area contributed by atoms with Gasteiger partial charge in [0.2, 0.25) is 10.0 Å². The van der Waals surface area contributed by atoms with E-state index in [2.05, 4.69) is 15.7 Å². The molecule has 1 aromatic heterocycles. The van der Waals surface area contributed by atoms with Gasteiger partial charge in [0.15, 0.2) is 11.6 Å². The molecule has 1 aliphatic rings. The van der Waals surface area contributed by atoms with Gasteiger partial charge in [-0.1, -0.05) is 0 Å². The van der Waals surface area contributed by atoms with Crippen molar-refractivity contribution in [2.75, 3.05) is 19.6 Å². The van der Waals surface area contributed by atoms with Gasteiger partial charge in [-0.15, -0.1) is 0 Å². The molecule has 0 bridgehead atoms. The maximum atomic E-state index is 13.3. The second kappa shape index (κ2) is 8.08. The van der Waals surface area contributed by atoms with Gasteiger partial charge in [-0.25, -0.2) is 21.9 Å². The highest BCUT2D eigenvalue weighted by molar-refractivity contribution is 7.89. The maximum Gasteiger partial charge on any atom is 0.240 e. The topological polar surface area (TPSA) is 62.6 Å². The number of likely N-dealkylation sites (tertiary alicyclic amines) is 1. The summed E-state index contributed by atoms with van der Waals surface area (Å²) in [4.78, 5) is 2.07. The molecule has 0 unspecified atom stereocenters. The summed E-state index contributed by atoms with van der Waals surface area (Å²) in [5, 5.41) is 0. The van der Waals surface area contributed by atoms with E-state index < -0.39 is 21.7 Å². The molecule has 1 saturated heterocycles. The van der Waals surface area contributed by atoms with Crippen LogP contribution >= 0.6 is 0 Å². The Balaban J connectivity index is 1.50. The Hall–Kier alpha value is -1.77. The van der Waals surface area contributed by atoms with Crippen molar-refractivity contribution in [3.05, 3.63) is 53.0 Å². The summed E-state index contributed by atoms with van der Waals surface area (Å²) in [6.45, 7) is 6.77. The highest BCUT2D eigenvalue weighted by atomic mass is 32.2. The minimum absolute atomic E-state index is 0.216. The number of hydrogen-bond donors (Lipinski definition) is 1. The van der Waals surface area contributed by atoms with E-state index in [0.717, 1.165) is 56.1 Å². The number of hydrogen-bond acceptors (Lipinski definition) is 4. The molecule has 0 spiro atoms. The lowest BCUT2D eigenvalue weighted by Gasteiger charge is -2.31. The Morgan fingerprint density at radius 1 is 1.15 bits per heavy atom. The number of sulfonamides is 1. The van der Waals surface area contributed by atoms with Crippen LogP contribution in [0.4, 0.5) is 8.78 Å². The molecule has 1 fully saturated rings. The zero-order valence-corrected chi connectivity index (χ0v) is 16.3. The fraction of sp³-hybridized carbons (Fsp3) is 0.474. The summed E-state index contributed by atoms with van der Waals surface area (Å²) < 4.78 is 58.9. The maximum absolute atomic E-state index is 13.3. The summed E-state index contributed by atoms with van der Waals surface area (Å²) in [6.07, 6.45) is 1.74. The molecule has 0 aliphatic carbocycles. The van der Waals surface area contributed by atoms with Crippen LogP contribution in [-0.4, -0.2) is 33.0 Å². The van der Waals surface area contributed by atoms with Gasteiger partial charge in [-0.05, 0) is 70.0 Å². The summed E-state index contributed by atoms with van der Waals surface area (Å²) in [5.41, 5.74) is 1.19. The van der Waals surface area contributed by atoms with Crippen LogP contribution in [0.2, 0.25) is 0 Å². The predicted molar refractivity (Wildman–Crippen MR) is 97.7 cm³/mol. The standard InChI is InChI=1S/C19H24F2N2O3S/c1-13-9-16(14(2)26-13)12-23-7-5-15(6-8-23)11-22-27(24,25)17-3-4-18(20)19(21)10-17/h3-4,9-10,15,22H,5-8,11-12H2,1-2H3. The lowest BCUT2D eigenvalue weighted by atomic mass is 9.97. The molecule has 3 rings (SSSR count). The third-order valence-corrected chi connectivity index (χ3v) is 6.43. The van der Waals surface area contributed by atoms with Crippen LogP contribution in [0, 0.1) is 31.4 Å². The SMILES string of the molecule is Cc1cc(CN2CCC(CNS(=O)(=O)c3ccc(F)c(F)c3)CC2)c(C)o1. The fourth-order valence-electron chi connectivity index (χ4n) is 3.38. The molecule has 1 aliphatic heterocycles. The Labute approximate surface area is 158 Å². The van der Waals surface area contributed by atoms with Crippen LogP contribution in [-0.2, 0) is 16.6 Å². The fourth-order valence-corrected chi connectivity index (χ4v) is 4.51. The average molecular weight is 398 g/mol. The quantitative estimate of drug-likeness (QED) is 0.811. The first-order valence-corrected chi connectivity index (χ1v) is 10.5. The van der Waals surface area contributed by atoms with E-state index >= 15 is 0 Å². The third-order valence-electron chi connectivity index (χ3n) is 5.01. The molecule has 2 heterocycles. The largest absolute Gasteiger partial charge is 0.466 e. The van der Waals surface area contributed by atoms with Gasteiger partial charge in [0.05, 0.1) is 4.90 Å². The Kier molecular flexibility index (Phi) is 5.98. The average Bonchev–Trinajstić information content (AvgIpc) is 2.94. The molecule has 0 saturated carbocycles. The molecular weight excluding hydrogens is 374 g/mol. The number of furan rings is 1. The van der Waals surface area contributed by atoms with Crippen LogP contribution in [0.3, 0.4) is 0 Å². The van der Waals surface area contributed by atoms with Gasteiger partial charge in [-0.2, -0.15) is 0 Å². The number of nitrogens with one attached hydrogen (secondary N) is 1. The van der Waals surface area contributed by atoms with E-state index in [1.807, 2.05) is 13.8 Å². The lowest BCUT2D eigenvalue weighted by Crippen LogP contribution is -2.38. The van der Waals surface area contributed by atoms with Crippen molar-refractivity contribution >= 4 is 10.0 Å². The van der Waals surface area contributed by atoms with Gasteiger partial charge >= 0.3 is 0 Å². The van der Waals surface area contributed by atoms with Crippen molar-refractivity contribution in [3.8, 4) is 0 Å². The summed E-state index contributed by atoms with van der Waals surface area (Å²) >= 11 is 0. The van der Waals surface area contributed by atoms with Gasteiger partial charge < -0.3 is 4.42 Å². The highest BCUT2D eigenvalue weighted by Crippen LogP contribution is 2.22. The minimum Gasteiger partial charge on any atom is -0.466 e. The second-order valence-electron chi connectivity index (χ2n) is 7.09. The first kappa shape index (κ1) is 20.0. The van der Waals surface area contributed by atoms with Gasteiger partial charge in [-0.3, -0.25) is 4.90 Å². The van der Waals surface area contributed by atoms with Gasteiger partial charge in [0.25, 0.3) is 0 Å². The molecule has 2 aromatic rings. The molecule has 8 heteroatoms. The number of rotatable bonds is 6. The number of piperidine rings is 1. The Morgan fingerprint density at radius 3 is 2.44 bits per heavy atom. The molecule has 0 radical (unpaired) electrons. The Morgan fingerprint density at radius 2 is 1.85 bits per heavy atom. The first-order chi connectivity index (χ1) is 12.7. The van der Waals surface area contributed by atoms with E-state index in [-0.39, 0.29) is 10.8 Å². The van der Waals surface area contributed by atoms with Crippen molar-refractivity contribution < 1.29 is 21.6 Å². The van der Waals surface area contributed by atoms with Crippen molar-refractivity contribution in [1.29, 1.82) is 0 Å². The summed E-state index contributed by atoms with van der Waals surface area (Å²) in [5.74, 6) is -0.174. The molecule has 0 atom stereocenters. The molecule has 0 amide bonds. The van der Waals surface area contributed by atoms with Crippen molar-refractivity contribution in [2.24, 2.45) is 5.92 Å². The smallest absolute Gasteiger partial charge is 0.240 e. The van der Waals surface area contributed by atoms with Crippen LogP contribution in [0.25, 0.3) is 0 Å². The molecule has 1 aromatic carbocycles. The Bertz CT molecular complexity index is 904. The van der Waals surface area contributed by atoms with E-state index in [9.17, 15) is 17.2 Å². The lowest BCUT2D eigenvalue weighted by molar-refractivity contribution is 0.178. The minimum atomic E-state index is -3.85. The van der Waals surface area contributed by atoms with E-state index in [1.54, 1.807) is 0 Å². The number of nitrogens with zero attached hydrogens (tertiary/aromatic N) is 1. The third kappa shape index (κ3) is 4.94. The van der Waals surface area contributed by atoms with Crippen LogP contribution in [0.15, 0.2) is 33.6 Å². The molecule has 27 heavy (non-hydrogen) atoms. The zero-order valence-electron chi connectivity index (χ0n) is 15.5. The molecule has 5 nitrogen and oxygen atoms in total. The molecule has 1 N–H and O–H groups in total. The van der Waals surface area contributed by atoms with Crippen LogP contribution < -0.4 is 4.72 Å². The summed E-state index contributed by atoms with van der Waals surface area (Å²) in [7, 11) is -3.85. The second-order valence-corrected chi connectivity index (χ2v) is 8.85. The monoisotopic (exact) mass is 398 g/mol. The number of halogens is 2. The number of aryl methyl sites for hydroxylation is 2. The molecule has 148 valence electrons. The predicted octanol–water partition coefficient (Wildman–Crippen LogP) is 3.37.